The molecule has 31 heavy (non-hydrogen) atoms. The molecule has 3 rings (SSSR count). The highest BCUT2D eigenvalue weighted by Gasteiger charge is 2.23. The molecule has 0 aliphatic rings. The molecule has 3 aromatic rings. The minimum atomic E-state index is -3.66. The Hall–Kier alpha value is -3.12. The minimum Gasteiger partial charge on any atom is -0.345 e. The fourth-order valence-corrected chi connectivity index (χ4v) is 4.69. The van der Waals surface area contributed by atoms with Gasteiger partial charge in [0, 0.05) is 12.6 Å². The molecular weight excluding hydrogens is 408 g/mol. The van der Waals surface area contributed by atoms with Gasteiger partial charge >= 0.3 is 0 Å². The summed E-state index contributed by atoms with van der Waals surface area (Å²) in [6, 6.07) is 22.8. The maximum Gasteiger partial charge on any atom is 0.264 e. The van der Waals surface area contributed by atoms with E-state index in [1.165, 1.54) is 11.4 Å². The van der Waals surface area contributed by atoms with Gasteiger partial charge in [0.25, 0.3) is 15.9 Å². The molecule has 0 aromatic heterocycles. The molecule has 1 amide bonds. The van der Waals surface area contributed by atoms with Gasteiger partial charge in [0.1, 0.15) is 0 Å². The second-order valence-corrected chi connectivity index (χ2v) is 9.85. The standard InChI is InChI=1S/C25H28N2O3S/c1-18(2)24(23-13-9-8-10-19(23)3)26-25(28)20-14-16-21(17-15-20)27(4)31(29,30)22-11-6-5-7-12-22/h5-18,24H,1-4H3,(H,26,28)/t24-/m0/s1. The number of carbonyl (C=O) groups excluding carboxylic acids is 1. The van der Waals surface area contributed by atoms with Gasteiger partial charge in [0.05, 0.1) is 16.6 Å². The summed E-state index contributed by atoms with van der Waals surface area (Å²) < 4.78 is 26.8. The van der Waals surface area contributed by atoms with Crippen LogP contribution < -0.4 is 9.62 Å². The number of amides is 1. The average molecular weight is 437 g/mol. The van der Waals surface area contributed by atoms with Crippen LogP contribution in [0, 0.1) is 12.8 Å². The monoisotopic (exact) mass is 436 g/mol. The quantitative estimate of drug-likeness (QED) is 0.570. The molecule has 5 nitrogen and oxygen atoms in total. The first-order valence-corrected chi connectivity index (χ1v) is 11.7. The van der Waals surface area contributed by atoms with Crippen LogP contribution in [0.4, 0.5) is 5.69 Å². The van der Waals surface area contributed by atoms with Crippen molar-refractivity contribution in [3.8, 4) is 0 Å². The summed E-state index contributed by atoms with van der Waals surface area (Å²) in [7, 11) is -2.16. The molecule has 0 heterocycles. The third kappa shape index (κ3) is 4.97. The normalized spacial score (nSPS) is 12.4. The first-order chi connectivity index (χ1) is 14.7. The van der Waals surface area contributed by atoms with Crippen molar-refractivity contribution in [2.75, 3.05) is 11.4 Å². The van der Waals surface area contributed by atoms with Gasteiger partial charge < -0.3 is 5.32 Å². The number of nitrogens with one attached hydrogen (secondary N) is 1. The van der Waals surface area contributed by atoms with E-state index in [-0.39, 0.29) is 22.8 Å². The first kappa shape index (κ1) is 22.6. The van der Waals surface area contributed by atoms with Gasteiger partial charge in [-0.05, 0) is 60.4 Å². The van der Waals surface area contributed by atoms with Gasteiger partial charge in [-0.2, -0.15) is 0 Å². The molecule has 0 saturated heterocycles. The number of hydrogen-bond donors (Lipinski definition) is 1. The van der Waals surface area contributed by atoms with Crippen molar-refractivity contribution in [1.29, 1.82) is 0 Å². The molecule has 0 aliphatic heterocycles. The molecule has 0 unspecified atom stereocenters. The summed E-state index contributed by atoms with van der Waals surface area (Å²) in [5.74, 6) is 0.0218. The summed E-state index contributed by atoms with van der Waals surface area (Å²) in [6.45, 7) is 6.18. The van der Waals surface area contributed by atoms with Gasteiger partial charge in [-0.1, -0.05) is 56.3 Å². The van der Waals surface area contributed by atoms with Gasteiger partial charge in [0.2, 0.25) is 0 Å². The molecular formula is C25H28N2O3S. The lowest BCUT2D eigenvalue weighted by molar-refractivity contribution is 0.0925. The fourth-order valence-electron chi connectivity index (χ4n) is 3.48. The van der Waals surface area contributed by atoms with Crippen LogP contribution in [0.25, 0.3) is 0 Å². The Bertz CT molecular complexity index is 1140. The van der Waals surface area contributed by atoms with Crippen molar-refractivity contribution >= 4 is 21.6 Å². The van der Waals surface area contributed by atoms with Gasteiger partial charge in [-0.15, -0.1) is 0 Å². The highest BCUT2D eigenvalue weighted by Crippen LogP contribution is 2.26. The van der Waals surface area contributed by atoms with E-state index in [9.17, 15) is 13.2 Å². The molecule has 1 atom stereocenters. The molecule has 0 bridgehead atoms. The zero-order chi connectivity index (χ0) is 22.6. The number of anilines is 1. The maximum atomic E-state index is 12.9. The molecule has 6 heteroatoms. The minimum absolute atomic E-state index is 0.116. The highest BCUT2D eigenvalue weighted by atomic mass is 32.2. The maximum absolute atomic E-state index is 12.9. The lowest BCUT2D eigenvalue weighted by Crippen LogP contribution is -2.32. The Morgan fingerprint density at radius 3 is 2.03 bits per heavy atom. The van der Waals surface area contributed by atoms with Gasteiger partial charge in [0.15, 0.2) is 0 Å². The molecule has 162 valence electrons. The van der Waals surface area contributed by atoms with E-state index >= 15 is 0 Å². The van der Waals surface area contributed by atoms with E-state index in [2.05, 4.69) is 19.2 Å². The fraction of sp³-hybridized carbons (Fsp3) is 0.240. The predicted molar refractivity (Wildman–Crippen MR) is 125 cm³/mol. The summed E-state index contributed by atoms with van der Waals surface area (Å²) in [5, 5.41) is 3.12. The van der Waals surface area contributed by atoms with Crippen LogP contribution in [0.3, 0.4) is 0 Å². The molecule has 0 spiro atoms. The van der Waals surface area contributed by atoms with E-state index < -0.39 is 10.0 Å². The second-order valence-electron chi connectivity index (χ2n) is 7.88. The smallest absolute Gasteiger partial charge is 0.264 e. The average Bonchev–Trinajstić information content (AvgIpc) is 2.78. The Kier molecular flexibility index (Phi) is 6.81. The molecule has 0 radical (unpaired) electrons. The van der Waals surface area contributed by atoms with Crippen LogP contribution in [0.15, 0.2) is 83.8 Å². The van der Waals surface area contributed by atoms with Crippen LogP contribution in [-0.2, 0) is 10.0 Å². The van der Waals surface area contributed by atoms with Crippen molar-refractivity contribution in [3.63, 3.8) is 0 Å². The number of hydrogen-bond acceptors (Lipinski definition) is 3. The van der Waals surface area contributed by atoms with E-state index in [0.717, 1.165) is 11.1 Å². The highest BCUT2D eigenvalue weighted by molar-refractivity contribution is 7.92. The van der Waals surface area contributed by atoms with Crippen LogP contribution in [0.1, 0.15) is 41.4 Å². The molecule has 0 aliphatic carbocycles. The van der Waals surface area contributed by atoms with Crippen LogP contribution in [0.2, 0.25) is 0 Å². The van der Waals surface area contributed by atoms with E-state index in [1.54, 1.807) is 54.6 Å². The van der Waals surface area contributed by atoms with Crippen LogP contribution in [-0.4, -0.2) is 21.4 Å². The predicted octanol–water partition coefficient (Wildman–Crippen LogP) is 4.95. The summed E-state index contributed by atoms with van der Waals surface area (Å²) >= 11 is 0. The Morgan fingerprint density at radius 1 is 0.871 bits per heavy atom. The van der Waals surface area contributed by atoms with Gasteiger partial charge in [-0.25, -0.2) is 8.42 Å². The number of aryl methyl sites for hydroxylation is 1. The molecule has 0 fully saturated rings. The molecule has 0 saturated carbocycles. The van der Waals surface area contributed by atoms with E-state index in [1.807, 2.05) is 31.2 Å². The number of carbonyl (C=O) groups is 1. The summed E-state index contributed by atoms with van der Waals surface area (Å²) in [4.78, 5) is 13.1. The SMILES string of the molecule is Cc1ccccc1[C@@H](NC(=O)c1ccc(N(C)S(=O)(=O)c2ccccc2)cc1)C(C)C. The summed E-state index contributed by atoms with van der Waals surface area (Å²) in [6.07, 6.45) is 0. The molecule has 3 aromatic carbocycles. The number of benzene rings is 3. The largest absolute Gasteiger partial charge is 0.345 e. The Balaban J connectivity index is 1.79. The van der Waals surface area contributed by atoms with Crippen molar-refractivity contribution in [2.45, 2.75) is 31.7 Å². The van der Waals surface area contributed by atoms with Crippen molar-refractivity contribution < 1.29 is 13.2 Å². The Labute approximate surface area is 184 Å². The third-order valence-corrected chi connectivity index (χ3v) is 7.17. The second kappa shape index (κ2) is 9.35. The number of nitrogens with zero attached hydrogens (tertiary/aromatic N) is 1. The van der Waals surface area contributed by atoms with Crippen LogP contribution in [0.5, 0.6) is 0 Å². The topological polar surface area (TPSA) is 66.5 Å². The van der Waals surface area contributed by atoms with E-state index in [4.69, 9.17) is 0 Å². The lowest BCUT2D eigenvalue weighted by atomic mass is 9.92. The van der Waals surface area contributed by atoms with Gasteiger partial charge in [-0.3, -0.25) is 9.10 Å². The number of sulfonamides is 1. The van der Waals surface area contributed by atoms with Crippen molar-refractivity contribution in [3.05, 3.63) is 95.6 Å². The summed E-state index contributed by atoms with van der Waals surface area (Å²) in [5.41, 5.74) is 3.19. The third-order valence-electron chi connectivity index (χ3n) is 5.37. The first-order valence-electron chi connectivity index (χ1n) is 10.2. The van der Waals surface area contributed by atoms with Crippen molar-refractivity contribution in [2.24, 2.45) is 5.92 Å². The van der Waals surface area contributed by atoms with Crippen LogP contribution >= 0.6 is 0 Å². The van der Waals surface area contributed by atoms with Crippen molar-refractivity contribution in [1.82, 2.24) is 5.32 Å². The zero-order valence-electron chi connectivity index (χ0n) is 18.2. The lowest BCUT2D eigenvalue weighted by Gasteiger charge is -2.25. The molecule has 1 N–H and O–H groups in total. The zero-order valence-corrected chi connectivity index (χ0v) is 19.1. The van der Waals surface area contributed by atoms with E-state index in [0.29, 0.717) is 11.3 Å². The Morgan fingerprint density at radius 2 is 1.45 bits per heavy atom. The number of rotatable bonds is 7.